The first-order chi connectivity index (χ1) is 9.74. The summed E-state index contributed by atoms with van der Waals surface area (Å²) in [5.74, 6) is 1.89. The molecule has 0 aromatic carbocycles. The van der Waals surface area contributed by atoms with Gasteiger partial charge in [0.25, 0.3) is 0 Å². The molecule has 0 spiro atoms. The van der Waals surface area contributed by atoms with Crippen LogP contribution in [0, 0.1) is 6.92 Å². The van der Waals surface area contributed by atoms with Crippen LogP contribution in [0.5, 0.6) is 5.75 Å². The maximum absolute atomic E-state index is 5.35. The van der Waals surface area contributed by atoms with E-state index in [-0.39, 0.29) is 0 Å². The van der Waals surface area contributed by atoms with Crippen LogP contribution < -0.4 is 15.4 Å². The zero-order chi connectivity index (χ0) is 14.4. The van der Waals surface area contributed by atoms with Gasteiger partial charge in [0, 0.05) is 12.7 Å². The van der Waals surface area contributed by atoms with Crippen LogP contribution in [0.25, 0.3) is 0 Å². The molecule has 0 radical (unpaired) electrons. The van der Waals surface area contributed by atoms with Crippen molar-refractivity contribution in [1.82, 2.24) is 19.9 Å². The van der Waals surface area contributed by atoms with Crippen LogP contribution in [0.2, 0.25) is 0 Å². The second kappa shape index (κ2) is 6.65. The minimum atomic E-state index is 0.520. The van der Waals surface area contributed by atoms with Crippen molar-refractivity contribution in [3.05, 3.63) is 30.1 Å². The van der Waals surface area contributed by atoms with E-state index in [2.05, 4.69) is 30.6 Å². The Morgan fingerprint density at radius 2 is 1.80 bits per heavy atom. The Hall–Kier alpha value is -2.44. The Bertz CT molecular complexity index is 557. The molecule has 106 valence electrons. The lowest BCUT2D eigenvalue weighted by molar-refractivity contribution is 0.414. The van der Waals surface area contributed by atoms with Gasteiger partial charge in [-0.3, -0.25) is 9.97 Å². The monoisotopic (exact) mass is 274 g/mol. The number of ether oxygens (including phenoxy) is 1. The fraction of sp³-hybridized carbons (Fsp3) is 0.385. The fourth-order valence-corrected chi connectivity index (χ4v) is 1.67. The predicted molar refractivity (Wildman–Crippen MR) is 76.8 cm³/mol. The Balaban J connectivity index is 2.12. The van der Waals surface area contributed by atoms with Crippen molar-refractivity contribution in [2.75, 3.05) is 24.3 Å². The quantitative estimate of drug-likeness (QED) is 0.828. The molecule has 2 aromatic rings. The van der Waals surface area contributed by atoms with E-state index in [1.165, 1.54) is 6.33 Å². The van der Waals surface area contributed by atoms with E-state index in [0.29, 0.717) is 23.9 Å². The number of anilines is 2. The number of aryl methyl sites for hydroxylation is 1. The minimum Gasteiger partial charge on any atom is -0.490 e. The largest absolute Gasteiger partial charge is 0.490 e. The lowest BCUT2D eigenvalue weighted by Gasteiger charge is -2.13. The molecule has 2 N–H and O–H groups in total. The first-order valence-corrected chi connectivity index (χ1v) is 6.38. The van der Waals surface area contributed by atoms with Gasteiger partial charge in [-0.1, -0.05) is 0 Å². The van der Waals surface area contributed by atoms with E-state index < -0.39 is 0 Å². The molecule has 0 saturated heterocycles. The van der Waals surface area contributed by atoms with Crippen LogP contribution >= 0.6 is 0 Å². The Kier molecular flexibility index (Phi) is 4.65. The molecule has 0 saturated carbocycles. The van der Waals surface area contributed by atoms with E-state index >= 15 is 0 Å². The van der Waals surface area contributed by atoms with Gasteiger partial charge in [-0.25, -0.2) is 9.97 Å². The summed E-state index contributed by atoms with van der Waals surface area (Å²) in [5.41, 5.74) is 1.73. The lowest BCUT2D eigenvalue weighted by Crippen LogP contribution is -2.09. The molecule has 0 unspecified atom stereocenters. The Labute approximate surface area is 117 Å². The summed E-state index contributed by atoms with van der Waals surface area (Å²) in [6.45, 7) is 5.18. The van der Waals surface area contributed by atoms with Gasteiger partial charge in [0.15, 0.2) is 11.6 Å². The highest BCUT2D eigenvalue weighted by Crippen LogP contribution is 2.28. The highest BCUT2D eigenvalue weighted by molar-refractivity contribution is 5.63. The summed E-state index contributed by atoms with van der Waals surface area (Å²) in [6, 6.07) is 0. The number of nitrogens with one attached hydrogen (secondary N) is 2. The zero-order valence-electron chi connectivity index (χ0n) is 11.8. The van der Waals surface area contributed by atoms with Crippen LogP contribution in [-0.2, 0) is 6.54 Å². The number of hydrogen-bond donors (Lipinski definition) is 2. The van der Waals surface area contributed by atoms with Crippen LogP contribution in [0.15, 0.2) is 18.7 Å². The highest BCUT2D eigenvalue weighted by Gasteiger charge is 2.11. The van der Waals surface area contributed by atoms with Crippen molar-refractivity contribution in [1.29, 1.82) is 0 Å². The Morgan fingerprint density at radius 1 is 1.05 bits per heavy atom. The average Bonchev–Trinajstić information content (AvgIpc) is 2.47. The van der Waals surface area contributed by atoms with Crippen molar-refractivity contribution in [3.63, 3.8) is 0 Å². The smallest absolute Gasteiger partial charge is 0.204 e. The summed E-state index contributed by atoms with van der Waals surface area (Å²) in [4.78, 5) is 16.8. The molecule has 2 aromatic heterocycles. The SMILES string of the molecule is CCNc1ncnc(NCc2cnc(C)cn2)c1OC. The van der Waals surface area contributed by atoms with Crippen molar-refractivity contribution in [2.24, 2.45) is 0 Å². The first kappa shape index (κ1) is 14.0. The number of nitrogens with zero attached hydrogens (tertiary/aromatic N) is 4. The van der Waals surface area contributed by atoms with Crippen molar-refractivity contribution in [3.8, 4) is 5.75 Å². The third-order valence-corrected chi connectivity index (χ3v) is 2.62. The van der Waals surface area contributed by atoms with Gasteiger partial charge in [-0.15, -0.1) is 0 Å². The van der Waals surface area contributed by atoms with Crippen molar-refractivity contribution in [2.45, 2.75) is 20.4 Å². The van der Waals surface area contributed by atoms with E-state index in [4.69, 9.17) is 4.74 Å². The van der Waals surface area contributed by atoms with Crippen LogP contribution in [0.3, 0.4) is 0 Å². The van der Waals surface area contributed by atoms with Gasteiger partial charge < -0.3 is 15.4 Å². The van der Waals surface area contributed by atoms with E-state index in [1.54, 1.807) is 19.5 Å². The summed E-state index contributed by atoms with van der Waals surface area (Å²) < 4.78 is 5.35. The summed E-state index contributed by atoms with van der Waals surface area (Å²) >= 11 is 0. The summed E-state index contributed by atoms with van der Waals surface area (Å²) in [5, 5.41) is 6.31. The molecular weight excluding hydrogens is 256 g/mol. The molecule has 2 rings (SSSR count). The average molecular weight is 274 g/mol. The standard InChI is InChI=1S/C13H18N6O/c1-4-14-12-11(20-3)13(19-8-18-12)17-7-10-6-15-9(2)5-16-10/h5-6,8H,4,7H2,1-3H3,(H2,14,17,18,19). The van der Waals surface area contributed by atoms with E-state index in [9.17, 15) is 0 Å². The summed E-state index contributed by atoms with van der Waals surface area (Å²) in [7, 11) is 1.59. The molecule has 2 heterocycles. The fourth-order valence-electron chi connectivity index (χ4n) is 1.67. The normalized spacial score (nSPS) is 10.2. The number of methoxy groups -OCH3 is 1. The molecule has 7 heteroatoms. The molecule has 7 nitrogen and oxygen atoms in total. The van der Waals surface area contributed by atoms with Crippen molar-refractivity contribution < 1.29 is 4.74 Å². The number of rotatable bonds is 6. The Morgan fingerprint density at radius 3 is 2.40 bits per heavy atom. The second-order valence-corrected chi connectivity index (χ2v) is 4.14. The predicted octanol–water partition coefficient (Wildman–Crippen LogP) is 1.63. The lowest BCUT2D eigenvalue weighted by atomic mass is 10.4. The molecule has 20 heavy (non-hydrogen) atoms. The van der Waals surface area contributed by atoms with Crippen LogP contribution in [-0.4, -0.2) is 33.6 Å². The molecular formula is C13H18N6O. The van der Waals surface area contributed by atoms with Crippen LogP contribution in [0.4, 0.5) is 11.6 Å². The third kappa shape index (κ3) is 3.31. The zero-order valence-corrected chi connectivity index (χ0v) is 11.8. The van der Waals surface area contributed by atoms with E-state index in [0.717, 1.165) is 17.9 Å². The van der Waals surface area contributed by atoms with Crippen LogP contribution in [0.1, 0.15) is 18.3 Å². The number of aromatic nitrogens is 4. The molecule has 0 aliphatic carbocycles. The molecule has 0 aliphatic rings. The van der Waals surface area contributed by atoms with Crippen molar-refractivity contribution >= 4 is 11.6 Å². The highest BCUT2D eigenvalue weighted by atomic mass is 16.5. The molecule has 0 bridgehead atoms. The van der Waals surface area contributed by atoms with Gasteiger partial charge >= 0.3 is 0 Å². The second-order valence-electron chi connectivity index (χ2n) is 4.14. The molecule has 0 atom stereocenters. The van der Waals surface area contributed by atoms with Gasteiger partial charge in [0.05, 0.1) is 31.2 Å². The van der Waals surface area contributed by atoms with Gasteiger partial charge in [-0.2, -0.15) is 0 Å². The molecule has 0 amide bonds. The topological polar surface area (TPSA) is 84.9 Å². The van der Waals surface area contributed by atoms with Gasteiger partial charge in [-0.05, 0) is 13.8 Å². The van der Waals surface area contributed by atoms with Gasteiger partial charge in [0.1, 0.15) is 6.33 Å². The first-order valence-electron chi connectivity index (χ1n) is 6.38. The molecule has 0 fully saturated rings. The number of hydrogen-bond acceptors (Lipinski definition) is 7. The molecule has 0 aliphatic heterocycles. The van der Waals surface area contributed by atoms with Gasteiger partial charge in [0.2, 0.25) is 5.75 Å². The maximum atomic E-state index is 5.35. The minimum absolute atomic E-state index is 0.520. The van der Waals surface area contributed by atoms with E-state index in [1.807, 2.05) is 13.8 Å². The summed E-state index contributed by atoms with van der Waals surface area (Å²) in [6.07, 6.45) is 4.96. The maximum Gasteiger partial charge on any atom is 0.204 e. The third-order valence-electron chi connectivity index (χ3n) is 2.62.